The van der Waals surface area contributed by atoms with Crippen LogP contribution >= 0.6 is 0 Å². The number of carbonyl (C=O) groups is 1. The lowest BCUT2D eigenvalue weighted by atomic mass is 9.97. The molecule has 2 aromatic heterocycles. The number of carbonyl (C=O) groups excluding carboxylic acids is 1. The molecule has 33 heavy (non-hydrogen) atoms. The summed E-state index contributed by atoms with van der Waals surface area (Å²) in [7, 11) is 0. The third kappa shape index (κ3) is 5.37. The van der Waals surface area contributed by atoms with E-state index in [9.17, 15) is 4.79 Å². The van der Waals surface area contributed by atoms with Gasteiger partial charge in [0.15, 0.2) is 5.65 Å². The van der Waals surface area contributed by atoms with Crippen molar-refractivity contribution in [1.29, 1.82) is 0 Å². The van der Waals surface area contributed by atoms with Gasteiger partial charge in [-0.2, -0.15) is 0 Å². The van der Waals surface area contributed by atoms with Gasteiger partial charge in [0.2, 0.25) is 0 Å². The van der Waals surface area contributed by atoms with Gasteiger partial charge < -0.3 is 15.6 Å². The first kappa shape index (κ1) is 23.3. The summed E-state index contributed by atoms with van der Waals surface area (Å²) in [6, 6.07) is 7.86. The van der Waals surface area contributed by atoms with Gasteiger partial charge in [0.1, 0.15) is 16.9 Å². The number of nitrogen functional groups attached to an aromatic ring is 1. The van der Waals surface area contributed by atoms with Gasteiger partial charge in [0.25, 0.3) is 5.91 Å². The predicted octanol–water partition coefficient (Wildman–Crippen LogP) is 6.00. The zero-order valence-electron chi connectivity index (χ0n) is 20.2. The number of amides is 1. The minimum Gasteiger partial charge on any atom is -0.384 e. The molecule has 1 amide bonds. The number of nitrogens with zero attached hydrogens (tertiary/aromatic N) is 3. The Labute approximate surface area is 196 Å². The minimum atomic E-state index is -0.158. The molecule has 0 saturated heterocycles. The molecule has 3 N–H and O–H groups in total. The number of aryl methyl sites for hydroxylation is 1. The van der Waals surface area contributed by atoms with Crippen LogP contribution in [0.4, 0.5) is 5.82 Å². The van der Waals surface area contributed by atoms with Crippen molar-refractivity contribution in [1.82, 2.24) is 19.9 Å². The molecule has 0 spiro atoms. The molecule has 0 radical (unpaired) electrons. The lowest BCUT2D eigenvalue weighted by molar-refractivity contribution is 0.0940. The normalized spacial score (nSPS) is 15.2. The number of para-hydroxylation sites is 2. The first-order chi connectivity index (χ1) is 15.9. The summed E-state index contributed by atoms with van der Waals surface area (Å²) < 4.78 is 1.99. The standard InChI is InChI=1S/C27H37N5O/c1-18(2)10-9-11-19(3)29-27(33)23-24-26(31-22-15-8-7-14-21(22)30-24)32(25(23)28)17-16-20-12-5-4-6-13-20/h7-8,12,14-15,18-19H,4-6,9-11,13,16-17,28H2,1-3H3,(H,29,33)/t19-/m1/s1. The Kier molecular flexibility index (Phi) is 7.31. The lowest BCUT2D eigenvalue weighted by Gasteiger charge is -2.15. The molecule has 0 bridgehead atoms. The van der Waals surface area contributed by atoms with Crippen LogP contribution in [0, 0.1) is 5.92 Å². The molecule has 1 aliphatic rings. The van der Waals surface area contributed by atoms with E-state index >= 15 is 0 Å². The average molecular weight is 448 g/mol. The molecule has 6 heteroatoms. The molecule has 0 aliphatic heterocycles. The molecule has 176 valence electrons. The van der Waals surface area contributed by atoms with Crippen LogP contribution in [0.5, 0.6) is 0 Å². The Balaban J connectivity index is 1.65. The first-order valence-corrected chi connectivity index (χ1v) is 12.5. The van der Waals surface area contributed by atoms with E-state index in [2.05, 4.69) is 32.2 Å². The van der Waals surface area contributed by atoms with E-state index in [-0.39, 0.29) is 11.9 Å². The van der Waals surface area contributed by atoms with Gasteiger partial charge in [-0.3, -0.25) is 4.79 Å². The fraction of sp³-hybridized carbons (Fsp3) is 0.519. The topological polar surface area (TPSA) is 85.8 Å². The van der Waals surface area contributed by atoms with Crippen LogP contribution < -0.4 is 11.1 Å². The highest BCUT2D eigenvalue weighted by Gasteiger charge is 2.25. The van der Waals surface area contributed by atoms with E-state index < -0.39 is 0 Å². The predicted molar refractivity (Wildman–Crippen MR) is 136 cm³/mol. The van der Waals surface area contributed by atoms with E-state index in [4.69, 9.17) is 15.7 Å². The van der Waals surface area contributed by atoms with Gasteiger partial charge >= 0.3 is 0 Å². The number of hydrogen-bond acceptors (Lipinski definition) is 4. The Bertz CT molecular complexity index is 1160. The third-order valence-corrected chi connectivity index (χ3v) is 6.66. The molecular formula is C27H37N5O. The fourth-order valence-corrected chi connectivity index (χ4v) is 4.75. The van der Waals surface area contributed by atoms with E-state index in [1.54, 1.807) is 0 Å². The van der Waals surface area contributed by atoms with Crippen LogP contribution in [0.3, 0.4) is 0 Å². The van der Waals surface area contributed by atoms with Crippen molar-refractivity contribution >= 4 is 33.9 Å². The Morgan fingerprint density at radius 3 is 2.58 bits per heavy atom. The smallest absolute Gasteiger partial charge is 0.257 e. The number of hydrogen-bond donors (Lipinski definition) is 2. The molecule has 0 unspecified atom stereocenters. The molecule has 3 aromatic rings. The summed E-state index contributed by atoms with van der Waals surface area (Å²) >= 11 is 0. The Hall–Kier alpha value is -2.89. The van der Waals surface area contributed by atoms with Crippen LogP contribution in [-0.4, -0.2) is 26.5 Å². The maximum absolute atomic E-state index is 13.4. The molecule has 1 aromatic carbocycles. The van der Waals surface area contributed by atoms with Crippen molar-refractivity contribution in [2.75, 3.05) is 5.73 Å². The highest BCUT2D eigenvalue weighted by Crippen LogP contribution is 2.30. The summed E-state index contributed by atoms with van der Waals surface area (Å²) in [6.07, 6.45) is 11.3. The van der Waals surface area contributed by atoms with Gasteiger partial charge in [0, 0.05) is 12.6 Å². The van der Waals surface area contributed by atoms with E-state index in [1.165, 1.54) is 18.4 Å². The third-order valence-electron chi connectivity index (χ3n) is 6.66. The molecular weight excluding hydrogens is 410 g/mol. The SMILES string of the molecule is CC(C)CCC[C@@H](C)NC(=O)c1c(N)n(CCC2=CCCCC2)c2nc3ccccc3nc12. The van der Waals surface area contributed by atoms with Gasteiger partial charge in [-0.1, -0.05) is 50.5 Å². The Morgan fingerprint density at radius 2 is 1.88 bits per heavy atom. The van der Waals surface area contributed by atoms with E-state index in [0.29, 0.717) is 35.0 Å². The van der Waals surface area contributed by atoms with Crippen molar-refractivity contribution in [3.8, 4) is 0 Å². The number of anilines is 1. The number of rotatable bonds is 9. The number of nitrogens with two attached hydrogens (primary N) is 1. The van der Waals surface area contributed by atoms with Crippen molar-refractivity contribution < 1.29 is 4.79 Å². The lowest BCUT2D eigenvalue weighted by Crippen LogP contribution is -2.33. The number of allylic oxidation sites excluding steroid dienone is 2. The summed E-state index contributed by atoms with van der Waals surface area (Å²) in [4.78, 5) is 23.1. The highest BCUT2D eigenvalue weighted by molar-refractivity contribution is 6.10. The molecule has 0 saturated carbocycles. The summed E-state index contributed by atoms with van der Waals surface area (Å²) in [6.45, 7) is 7.22. The second-order valence-electron chi connectivity index (χ2n) is 9.85. The average Bonchev–Trinajstić information content (AvgIpc) is 3.06. The van der Waals surface area contributed by atoms with E-state index in [0.717, 1.165) is 49.6 Å². The van der Waals surface area contributed by atoms with Crippen LogP contribution in [0.25, 0.3) is 22.2 Å². The maximum atomic E-state index is 13.4. The number of aromatic nitrogens is 3. The summed E-state index contributed by atoms with van der Waals surface area (Å²) in [5.74, 6) is 0.975. The van der Waals surface area contributed by atoms with Crippen molar-refractivity contribution in [2.24, 2.45) is 5.92 Å². The van der Waals surface area contributed by atoms with Gasteiger partial charge in [-0.05, 0) is 63.5 Å². The molecule has 4 rings (SSSR count). The minimum absolute atomic E-state index is 0.0786. The quantitative estimate of drug-likeness (QED) is 0.394. The van der Waals surface area contributed by atoms with Crippen LogP contribution in [0.2, 0.25) is 0 Å². The van der Waals surface area contributed by atoms with Gasteiger partial charge in [-0.25, -0.2) is 9.97 Å². The molecule has 1 aliphatic carbocycles. The molecule has 0 fully saturated rings. The second kappa shape index (κ2) is 10.4. The zero-order chi connectivity index (χ0) is 23.4. The molecule has 6 nitrogen and oxygen atoms in total. The Morgan fingerprint density at radius 1 is 1.12 bits per heavy atom. The monoisotopic (exact) mass is 447 g/mol. The van der Waals surface area contributed by atoms with Crippen LogP contribution in [0.15, 0.2) is 35.9 Å². The fourth-order valence-electron chi connectivity index (χ4n) is 4.75. The van der Waals surface area contributed by atoms with Crippen molar-refractivity contribution in [3.05, 3.63) is 41.5 Å². The maximum Gasteiger partial charge on any atom is 0.257 e. The van der Waals surface area contributed by atoms with Gasteiger partial charge in [0.05, 0.1) is 11.0 Å². The van der Waals surface area contributed by atoms with Crippen LogP contribution in [0.1, 0.15) is 82.5 Å². The zero-order valence-corrected chi connectivity index (χ0v) is 20.2. The summed E-state index contributed by atoms with van der Waals surface area (Å²) in [5, 5.41) is 3.16. The summed E-state index contributed by atoms with van der Waals surface area (Å²) in [5.41, 5.74) is 11.4. The largest absolute Gasteiger partial charge is 0.384 e. The first-order valence-electron chi connectivity index (χ1n) is 12.5. The number of nitrogens with one attached hydrogen (secondary N) is 1. The van der Waals surface area contributed by atoms with Crippen molar-refractivity contribution in [3.63, 3.8) is 0 Å². The van der Waals surface area contributed by atoms with Crippen molar-refractivity contribution in [2.45, 2.75) is 84.7 Å². The highest BCUT2D eigenvalue weighted by atomic mass is 16.1. The molecule has 2 heterocycles. The number of benzene rings is 1. The second-order valence-corrected chi connectivity index (χ2v) is 9.85. The number of fused-ring (bicyclic) bond motifs is 2. The molecule has 1 atom stereocenters. The van der Waals surface area contributed by atoms with Gasteiger partial charge in [-0.15, -0.1) is 0 Å². The van der Waals surface area contributed by atoms with Crippen LogP contribution in [-0.2, 0) is 6.54 Å². The van der Waals surface area contributed by atoms with E-state index in [1.807, 2.05) is 28.8 Å².